The van der Waals surface area contributed by atoms with Crippen LogP contribution >= 0.6 is 35.6 Å². The van der Waals surface area contributed by atoms with Gasteiger partial charge in [-0.05, 0) is 42.5 Å². The first-order chi connectivity index (χ1) is 7.91. The van der Waals surface area contributed by atoms with Crippen molar-refractivity contribution >= 4 is 35.6 Å². The molecule has 0 aliphatic rings. The number of benzene rings is 1. The molecule has 104 valence electrons. The highest BCUT2D eigenvalue weighted by Gasteiger charge is 2.19. The third-order valence-electron chi connectivity index (χ3n) is 2.77. The van der Waals surface area contributed by atoms with Crippen LogP contribution in [-0.4, -0.2) is 11.2 Å². The van der Waals surface area contributed by atoms with Crippen molar-refractivity contribution in [2.75, 3.05) is 0 Å². The highest BCUT2D eigenvalue weighted by atomic mass is 35.5. The van der Waals surface area contributed by atoms with Crippen LogP contribution in [0.1, 0.15) is 38.3 Å². The number of hydrogen-bond donors (Lipinski definition) is 2. The molecule has 1 rings (SSSR count). The molecule has 3 N–H and O–H groups in total. The summed E-state index contributed by atoms with van der Waals surface area (Å²) in [6.07, 6.45) is 1.02. The maximum atomic E-state index is 10.0. The Kier molecular flexibility index (Phi) is 8.24. The van der Waals surface area contributed by atoms with Crippen molar-refractivity contribution < 1.29 is 5.11 Å². The largest absolute Gasteiger partial charge is 0.391 e. The summed E-state index contributed by atoms with van der Waals surface area (Å²) in [7, 11) is 0. The van der Waals surface area contributed by atoms with Crippen molar-refractivity contribution in [3.63, 3.8) is 0 Å². The second kappa shape index (κ2) is 8.23. The molecular weight excluding hydrogens is 293 g/mol. The van der Waals surface area contributed by atoms with Crippen molar-refractivity contribution in [1.29, 1.82) is 0 Å². The lowest BCUT2D eigenvalue weighted by molar-refractivity contribution is 0.128. The minimum absolute atomic E-state index is 0. The van der Waals surface area contributed by atoms with Gasteiger partial charge >= 0.3 is 0 Å². The molecule has 0 bridgehead atoms. The third-order valence-corrected chi connectivity index (χ3v) is 3.35. The summed E-state index contributed by atoms with van der Waals surface area (Å²) in [4.78, 5) is 0. The lowest BCUT2D eigenvalue weighted by Crippen LogP contribution is -2.26. The monoisotopic (exact) mass is 311 g/mol. The Hall–Kier alpha value is 0.01000. The minimum Gasteiger partial charge on any atom is -0.391 e. The lowest BCUT2D eigenvalue weighted by Gasteiger charge is -2.21. The smallest absolute Gasteiger partial charge is 0.0733 e. The van der Waals surface area contributed by atoms with Gasteiger partial charge in [-0.3, -0.25) is 0 Å². The molecule has 18 heavy (non-hydrogen) atoms. The van der Waals surface area contributed by atoms with Gasteiger partial charge in [-0.15, -0.1) is 12.4 Å². The van der Waals surface area contributed by atoms with Crippen LogP contribution in [0.3, 0.4) is 0 Å². The van der Waals surface area contributed by atoms with E-state index in [1.165, 1.54) is 0 Å². The Morgan fingerprint density at radius 3 is 2.39 bits per heavy atom. The summed E-state index contributed by atoms with van der Waals surface area (Å²) < 4.78 is 0. The fourth-order valence-electron chi connectivity index (χ4n) is 1.66. The Bertz CT molecular complexity index is 371. The summed E-state index contributed by atoms with van der Waals surface area (Å²) in [5.74, 6) is 0.548. The standard InChI is InChI=1S/C13H19Cl2NO.ClH/c1-8(2)3-6-12(17)13(16)10-7-9(14)4-5-11(10)15;/h4-5,7-8,12-13,17H,3,6,16H2,1-2H3;1H/t12-,13+;/m1./s1. The van der Waals surface area contributed by atoms with Crippen LogP contribution < -0.4 is 5.73 Å². The van der Waals surface area contributed by atoms with E-state index in [2.05, 4.69) is 13.8 Å². The fraction of sp³-hybridized carbons (Fsp3) is 0.538. The van der Waals surface area contributed by atoms with Crippen LogP contribution in [0.2, 0.25) is 10.0 Å². The van der Waals surface area contributed by atoms with E-state index in [1.54, 1.807) is 18.2 Å². The molecule has 5 heteroatoms. The Morgan fingerprint density at radius 1 is 1.22 bits per heavy atom. The first-order valence-corrected chi connectivity index (χ1v) is 6.56. The van der Waals surface area contributed by atoms with Crippen LogP contribution in [0.4, 0.5) is 0 Å². The number of aliphatic hydroxyl groups is 1. The molecule has 0 spiro atoms. The summed E-state index contributed by atoms with van der Waals surface area (Å²) in [5.41, 5.74) is 6.71. The van der Waals surface area contributed by atoms with Gasteiger partial charge in [0, 0.05) is 10.0 Å². The zero-order chi connectivity index (χ0) is 13.0. The van der Waals surface area contributed by atoms with Crippen molar-refractivity contribution in [2.24, 2.45) is 11.7 Å². The predicted octanol–water partition coefficient (Wildman–Crippen LogP) is 4.21. The van der Waals surface area contributed by atoms with Crippen LogP contribution in [-0.2, 0) is 0 Å². The molecule has 0 unspecified atom stereocenters. The van der Waals surface area contributed by atoms with Crippen molar-refractivity contribution in [2.45, 2.75) is 38.8 Å². The Labute approximate surface area is 125 Å². The molecule has 2 nitrogen and oxygen atoms in total. The van der Waals surface area contributed by atoms with Gasteiger partial charge in [0.05, 0.1) is 12.1 Å². The molecule has 0 radical (unpaired) electrons. The second-order valence-corrected chi connectivity index (χ2v) is 5.57. The second-order valence-electron chi connectivity index (χ2n) is 4.73. The first kappa shape index (κ1) is 18.0. The number of aliphatic hydroxyl groups excluding tert-OH is 1. The summed E-state index contributed by atoms with van der Waals surface area (Å²) in [5, 5.41) is 11.1. The van der Waals surface area contributed by atoms with Gasteiger partial charge < -0.3 is 10.8 Å². The first-order valence-electron chi connectivity index (χ1n) is 5.80. The third kappa shape index (κ3) is 5.33. The molecule has 0 amide bonds. The van der Waals surface area contributed by atoms with E-state index in [-0.39, 0.29) is 12.4 Å². The predicted molar refractivity (Wildman–Crippen MR) is 80.7 cm³/mol. The molecule has 0 aliphatic heterocycles. The molecule has 0 aliphatic carbocycles. The molecule has 2 atom stereocenters. The van der Waals surface area contributed by atoms with Gasteiger partial charge in [0.2, 0.25) is 0 Å². The molecule has 0 saturated heterocycles. The van der Waals surface area contributed by atoms with Gasteiger partial charge in [-0.2, -0.15) is 0 Å². The quantitative estimate of drug-likeness (QED) is 0.855. The number of halogens is 3. The Balaban J connectivity index is 0.00000289. The van der Waals surface area contributed by atoms with Crippen LogP contribution in [0, 0.1) is 5.92 Å². The van der Waals surface area contributed by atoms with Gasteiger partial charge in [-0.25, -0.2) is 0 Å². The number of nitrogens with two attached hydrogens (primary N) is 1. The average Bonchev–Trinajstić information content (AvgIpc) is 2.28. The molecule has 1 aromatic carbocycles. The van der Waals surface area contributed by atoms with E-state index in [4.69, 9.17) is 28.9 Å². The molecule has 1 aromatic rings. The molecular formula is C13H20Cl3NO. The topological polar surface area (TPSA) is 46.2 Å². The SMILES string of the molecule is CC(C)CC[C@@H](O)[C@@H](N)c1cc(Cl)ccc1Cl.Cl. The zero-order valence-electron chi connectivity index (χ0n) is 10.6. The lowest BCUT2D eigenvalue weighted by atomic mass is 9.96. The van der Waals surface area contributed by atoms with Crippen molar-refractivity contribution in [3.05, 3.63) is 33.8 Å². The average molecular weight is 313 g/mol. The molecule has 0 aromatic heterocycles. The van der Waals surface area contributed by atoms with E-state index in [0.29, 0.717) is 27.9 Å². The van der Waals surface area contributed by atoms with E-state index in [9.17, 15) is 5.11 Å². The molecule has 0 saturated carbocycles. The number of rotatable bonds is 5. The van der Waals surface area contributed by atoms with E-state index in [1.807, 2.05) is 0 Å². The van der Waals surface area contributed by atoms with E-state index < -0.39 is 12.1 Å². The zero-order valence-corrected chi connectivity index (χ0v) is 12.9. The highest BCUT2D eigenvalue weighted by molar-refractivity contribution is 6.33. The van der Waals surface area contributed by atoms with Gasteiger partial charge in [-0.1, -0.05) is 37.0 Å². The maximum Gasteiger partial charge on any atom is 0.0733 e. The minimum atomic E-state index is -0.589. The van der Waals surface area contributed by atoms with Crippen LogP contribution in [0.15, 0.2) is 18.2 Å². The van der Waals surface area contributed by atoms with Gasteiger partial charge in [0.1, 0.15) is 0 Å². The van der Waals surface area contributed by atoms with Gasteiger partial charge in [0.25, 0.3) is 0 Å². The molecule has 0 fully saturated rings. The van der Waals surface area contributed by atoms with Crippen molar-refractivity contribution in [1.82, 2.24) is 0 Å². The highest BCUT2D eigenvalue weighted by Crippen LogP contribution is 2.28. The summed E-state index contributed by atoms with van der Waals surface area (Å²) in [6, 6.07) is 4.64. The van der Waals surface area contributed by atoms with Crippen LogP contribution in [0.25, 0.3) is 0 Å². The fourth-order valence-corrected chi connectivity index (χ4v) is 2.09. The van der Waals surface area contributed by atoms with E-state index >= 15 is 0 Å². The van der Waals surface area contributed by atoms with Crippen molar-refractivity contribution in [3.8, 4) is 0 Å². The summed E-state index contributed by atoms with van der Waals surface area (Å²) in [6.45, 7) is 4.23. The Morgan fingerprint density at radius 2 is 1.83 bits per heavy atom. The van der Waals surface area contributed by atoms with Gasteiger partial charge in [0.15, 0.2) is 0 Å². The number of hydrogen-bond acceptors (Lipinski definition) is 2. The van der Waals surface area contributed by atoms with Crippen LogP contribution in [0.5, 0.6) is 0 Å². The molecule has 0 heterocycles. The maximum absolute atomic E-state index is 10.0. The summed E-state index contributed by atoms with van der Waals surface area (Å²) >= 11 is 11.9. The van der Waals surface area contributed by atoms with E-state index in [0.717, 1.165) is 6.42 Å². The normalized spacial score (nSPS) is 14.2.